The van der Waals surface area contributed by atoms with Gasteiger partial charge in [0.1, 0.15) is 5.82 Å². The van der Waals surface area contributed by atoms with Gasteiger partial charge in [-0.2, -0.15) is 0 Å². The van der Waals surface area contributed by atoms with Gasteiger partial charge in [-0.25, -0.2) is 9.38 Å². The lowest BCUT2D eigenvalue weighted by atomic mass is 10.1. The van der Waals surface area contributed by atoms with Gasteiger partial charge in [0, 0.05) is 31.7 Å². The monoisotopic (exact) mass is 552 g/mol. The number of nitrogens with one attached hydrogen (secondary N) is 2. The molecule has 0 saturated carbocycles. The van der Waals surface area contributed by atoms with Crippen molar-refractivity contribution in [3.8, 4) is 0 Å². The molecule has 1 heterocycles. The van der Waals surface area contributed by atoms with Gasteiger partial charge in [-0.05, 0) is 80.5 Å². The molecular weight excluding hydrogens is 518 g/mol. The van der Waals surface area contributed by atoms with Crippen molar-refractivity contribution in [1.82, 2.24) is 15.5 Å². The number of carbonyl (C=O) groups is 1. The van der Waals surface area contributed by atoms with Crippen molar-refractivity contribution >= 4 is 35.8 Å². The van der Waals surface area contributed by atoms with Gasteiger partial charge in [-0.1, -0.05) is 18.2 Å². The van der Waals surface area contributed by atoms with Gasteiger partial charge in [0.25, 0.3) is 5.91 Å². The van der Waals surface area contributed by atoms with Crippen molar-refractivity contribution in [2.24, 2.45) is 4.99 Å². The van der Waals surface area contributed by atoms with Crippen LogP contribution in [-0.2, 0) is 13.0 Å². The number of halogens is 2. The molecular formula is C25H34FIN4O. The Kier molecular flexibility index (Phi) is 10.9. The third-order valence-corrected chi connectivity index (χ3v) is 5.60. The molecule has 1 fully saturated rings. The smallest absolute Gasteiger partial charge is 0.253 e. The molecule has 1 saturated heterocycles. The average molecular weight is 552 g/mol. The molecule has 1 aliphatic rings. The van der Waals surface area contributed by atoms with E-state index < -0.39 is 0 Å². The lowest BCUT2D eigenvalue weighted by molar-refractivity contribution is 0.0724. The number of benzene rings is 2. The third kappa shape index (κ3) is 7.76. The molecule has 5 nitrogen and oxygen atoms in total. The zero-order chi connectivity index (χ0) is 22.1. The Labute approximate surface area is 207 Å². The van der Waals surface area contributed by atoms with Crippen LogP contribution in [0.2, 0.25) is 0 Å². The molecule has 0 spiro atoms. The van der Waals surface area contributed by atoms with Gasteiger partial charge in [0.15, 0.2) is 5.96 Å². The molecule has 3 rings (SSSR count). The molecule has 1 aliphatic heterocycles. The average Bonchev–Trinajstić information content (AvgIpc) is 2.79. The summed E-state index contributed by atoms with van der Waals surface area (Å²) in [6.45, 7) is 7.69. The van der Waals surface area contributed by atoms with Crippen LogP contribution in [0.3, 0.4) is 0 Å². The van der Waals surface area contributed by atoms with Crippen molar-refractivity contribution in [2.75, 3.05) is 26.2 Å². The Bertz CT molecular complexity index is 895. The van der Waals surface area contributed by atoms with Crippen LogP contribution < -0.4 is 10.6 Å². The fraction of sp³-hybridized carbons (Fsp3) is 0.440. The summed E-state index contributed by atoms with van der Waals surface area (Å²) < 4.78 is 13.3. The highest BCUT2D eigenvalue weighted by atomic mass is 127. The van der Waals surface area contributed by atoms with Crippen LogP contribution in [0.4, 0.5) is 4.39 Å². The Morgan fingerprint density at radius 2 is 1.78 bits per heavy atom. The number of aryl methyl sites for hydroxylation is 1. The quantitative estimate of drug-likeness (QED) is 0.298. The van der Waals surface area contributed by atoms with Gasteiger partial charge in [-0.3, -0.25) is 4.79 Å². The maximum atomic E-state index is 13.3. The van der Waals surface area contributed by atoms with E-state index in [9.17, 15) is 9.18 Å². The molecule has 0 atom stereocenters. The first-order valence-electron chi connectivity index (χ1n) is 11.2. The largest absolute Gasteiger partial charge is 0.357 e. The molecule has 0 aromatic heterocycles. The normalized spacial score (nSPS) is 14.0. The summed E-state index contributed by atoms with van der Waals surface area (Å²) in [5, 5.41) is 6.59. The number of rotatable bonds is 7. The number of carbonyl (C=O) groups excluding carboxylic acids is 1. The predicted octanol–water partition coefficient (Wildman–Crippen LogP) is 4.68. The lowest BCUT2D eigenvalue weighted by Crippen LogP contribution is -2.38. The molecule has 174 valence electrons. The highest BCUT2D eigenvalue weighted by Gasteiger charge is 2.17. The molecule has 2 aromatic rings. The molecule has 0 unspecified atom stereocenters. The predicted molar refractivity (Wildman–Crippen MR) is 139 cm³/mol. The van der Waals surface area contributed by atoms with Gasteiger partial charge < -0.3 is 15.5 Å². The van der Waals surface area contributed by atoms with E-state index in [1.807, 2.05) is 49.1 Å². The standard InChI is InChI=1S/C25H33FN4O.HI/c1-3-27-25(28-14-13-21-11-12-23(26)17-19(21)2)29-18-20-7-9-22(10-8-20)24(31)30-15-5-4-6-16-30;/h7-12,17H,3-6,13-16,18H2,1-2H3,(H2,27,28,29);1H. The second-order valence-corrected chi connectivity index (χ2v) is 7.99. The van der Waals surface area contributed by atoms with E-state index in [1.165, 1.54) is 12.5 Å². The summed E-state index contributed by atoms with van der Waals surface area (Å²) in [5.74, 6) is 0.671. The van der Waals surface area contributed by atoms with E-state index in [2.05, 4.69) is 15.6 Å². The molecule has 0 aliphatic carbocycles. The first-order valence-corrected chi connectivity index (χ1v) is 11.2. The highest BCUT2D eigenvalue weighted by molar-refractivity contribution is 14.0. The number of amides is 1. The minimum Gasteiger partial charge on any atom is -0.357 e. The van der Waals surface area contributed by atoms with Gasteiger partial charge in [0.05, 0.1) is 6.54 Å². The van der Waals surface area contributed by atoms with Crippen molar-refractivity contribution in [3.63, 3.8) is 0 Å². The summed E-state index contributed by atoms with van der Waals surface area (Å²) in [6.07, 6.45) is 4.20. The van der Waals surface area contributed by atoms with Crippen LogP contribution >= 0.6 is 24.0 Å². The number of hydrogen-bond acceptors (Lipinski definition) is 2. The zero-order valence-electron chi connectivity index (χ0n) is 19.0. The van der Waals surface area contributed by atoms with Crippen molar-refractivity contribution < 1.29 is 9.18 Å². The van der Waals surface area contributed by atoms with E-state index in [-0.39, 0.29) is 35.7 Å². The SMILES string of the molecule is CCNC(=NCc1ccc(C(=O)N2CCCCC2)cc1)NCCc1ccc(F)cc1C.I. The van der Waals surface area contributed by atoms with Crippen LogP contribution in [0.1, 0.15) is 53.2 Å². The first kappa shape index (κ1) is 26.1. The van der Waals surface area contributed by atoms with E-state index in [1.54, 1.807) is 6.07 Å². The molecule has 2 N–H and O–H groups in total. The Morgan fingerprint density at radius 1 is 1.06 bits per heavy atom. The van der Waals surface area contributed by atoms with Crippen LogP contribution in [0.15, 0.2) is 47.5 Å². The van der Waals surface area contributed by atoms with Crippen molar-refractivity contribution in [1.29, 1.82) is 0 Å². The number of aliphatic imine (C=N–C) groups is 1. The Hall–Kier alpha value is -2.16. The second kappa shape index (κ2) is 13.4. The first-order chi connectivity index (χ1) is 15.1. The van der Waals surface area contributed by atoms with Gasteiger partial charge in [0.2, 0.25) is 0 Å². The van der Waals surface area contributed by atoms with Crippen LogP contribution in [0, 0.1) is 12.7 Å². The maximum absolute atomic E-state index is 13.3. The van der Waals surface area contributed by atoms with Crippen LogP contribution in [-0.4, -0.2) is 42.9 Å². The molecule has 32 heavy (non-hydrogen) atoms. The van der Waals surface area contributed by atoms with Crippen LogP contribution in [0.5, 0.6) is 0 Å². The fourth-order valence-corrected chi connectivity index (χ4v) is 3.80. The zero-order valence-corrected chi connectivity index (χ0v) is 21.3. The minimum atomic E-state index is -0.201. The molecule has 2 aromatic carbocycles. The third-order valence-electron chi connectivity index (χ3n) is 5.60. The number of nitrogens with zero attached hydrogens (tertiary/aromatic N) is 2. The summed E-state index contributed by atoms with van der Waals surface area (Å²) in [7, 11) is 0. The molecule has 1 amide bonds. The lowest BCUT2D eigenvalue weighted by Gasteiger charge is -2.26. The van der Waals surface area contributed by atoms with Crippen molar-refractivity contribution in [2.45, 2.75) is 46.1 Å². The Morgan fingerprint density at radius 3 is 2.44 bits per heavy atom. The number of guanidine groups is 1. The second-order valence-electron chi connectivity index (χ2n) is 7.99. The van der Waals surface area contributed by atoms with E-state index in [0.29, 0.717) is 13.1 Å². The summed E-state index contributed by atoms with van der Waals surface area (Å²) in [5.41, 5.74) is 3.89. The number of likely N-dealkylation sites (tertiary alicyclic amines) is 1. The summed E-state index contributed by atoms with van der Waals surface area (Å²) in [6, 6.07) is 12.7. The maximum Gasteiger partial charge on any atom is 0.253 e. The number of hydrogen-bond donors (Lipinski definition) is 2. The van der Waals surface area contributed by atoms with E-state index in [0.717, 1.165) is 67.1 Å². The summed E-state index contributed by atoms with van der Waals surface area (Å²) >= 11 is 0. The summed E-state index contributed by atoms with van der Waals surface area (Å²) in [4.78, 5) is 19.2. The number of piperidine rings is 1. The molecule has 0 radical (unpaired) electrons. The van der Waals surface area contributed by atoms with E-state index >= 15 is 0 Å². The van der Waals surface area contributed by atoms with Gasteiger partial charge in [-0.15, -0.1) is 24.0 Å². The highest BCUT2D eigenvalue weighted by Crippen LogP contribution is 2.14. The van der Waals surface area contributed by atoms with E-state index in [4.69, 9.17) is 0 Å². The van der Waals surface area contributed by atoms with Crippen molar-refractivity contribution in [3.05, 3.63) is 70.5 Å². The fourth-order valence-electron chi connectivity index (χ4n) is 3.80. The Balaban J connectivity index is 0.00000363. The topological polar surface area (TPSA) is 56.7 Å². The van der Waals surface area contributed by atoms with Crippen LogP contribution in [0.25, 0.3) is 0 Å². The molecule has 7 heteroatoms. The van der Waals surface area contributed by atoms with Gasteiger partial charge >= 0.3 is 0 Å². The minimum absolute atomic E-state index is 0. The molecule has 0 bridgehead atoms.